The monoisotopic (exact) mass is 276 g/mol. The van der Waals surface area contributed by atoms with E-state index >= 15 is 0 Å². The summed E-state index contributed by atoms with van der Waals surface area (Å²) in [6, 6.07) is 5.99. The van der Waals surface area contributed by atoms with Gasteiger partial charge in [-0.2, -0.15) is 0 Å². The minimum atomic E-state index is -0.660. The van der Waals surface area contributed by atoms with Crippen LogP contribution < -0.4 is 4.74 Å². The highest BCUT2D eigenvalue weighted by molar-refractivity contribution is 5.75. The Balaban J connectivity index is 2.33. The van der Waals surface area contributed by atoms with E-state index in [1.165, 1.54) is 0 Å². The number of aliphatic carboxylic acids is 1. The number of methoxy groups -OCH3 is 1. The number of carboxylic acids is 1. The van der Waals surface area contributed by atoms with Crippen LogP contribution in [0.2, 0.25) is 0 Å². The highest BCUT2D eigenvalue weighted by Gasteiger charge is 2.42. The van der Waals surface area contributed by atoms with Gasteiger partial charge in [0.2, 0.25) is 0 Å². The zero-order chi connectivity index (χ0) is 14.8. The number of hydrogen-bond acceptors (Lipinski definition) is 2. The van der Waals surface area contributed by atoms with Crippen molar-refractivity contribution in [3.63, 3.8) is 0 Å². The average molecular weight is 276 g/mol. The summed E-state index contributed by atoms with van der Waals surface area (Å²) in [5, 5.41) is 9.76. The van der Waals surface area contributed by atoms with E-state index in [0.717, 1.165) is 42.6 Å². The number of aryl methyl sites for hydroxylation is 1. The molecule has 0 aromatic heterocycles. The maximum atomic E-state index is 11.9. The Morgan fingerprint density at radius 2 is 2.25 bits per heavy atom. The van der Waals surface area contributed by atoms with Crippen LogP contribution in [-0.4, -0.2) is 18.2 Å². The summed E-state index contributed by atoms with van der Waals surface area (Å²) in [6.45, 7) is 4.18. The number of ether oxygens (including phenoxy) is 1. The van der Waals surface area contributed by atoms with Gasteiger partial charge >= 0.3 is 5.97 Å². The second-order valence-electron chi connectivity index (χ2n) is 6.28. The fraction of sp³-hybridized carbons (Fsp3) is 0.588. The molecular weight excluding hydrogens is 252 g/mol. The van der Waals surface area contributed by atoms with Gasteiger partial charge in [0.05, 0.1) is 12.5 Å². The maximum Gasteiger partial charge on any atom is 0.309 e. The third-order valence-electron chi connectivity index (χ3n) is 4.51. The first kappa shape index (κ1) is 14.9. The lowest BCUT2D eigenvalue weighted by atomic mass is 9.67. The largest absolute Gasteiger partial charge is 0.496 e. The van der Waals surface area contributed by atoms with Gasteiger partial charge in [-0.3, -0.25) is 4.79 Å². The molecule has 1 aliphatic rings. The molecule has 3 heteroatoms. The van der Waals surface area contributed by atoms with Gasteiger partial charge in [-0.05, 0) is 43.7 Å². The van der Waals surface area contributed by atoms with Gasteiger partial charge in [0, 0.05) is 0 Å². The minimum absolute atomic E-state index is 0.482. The number of carboxylic acid groups (broad SMARTS) is 1. The standard InChI is InChI=1S/C17H24O3/c1-12-6-7-15(20-3)14(9-12)11-17(16(18)19)8-4-5-13(2)10-17/h6-7,9,13H,4-5,8,10-11H2,1-3H3,(H,18,19). The Labute approximate surface area is 121 Å². The quantitative estimate of drug-likeness (QED) is 0.909. The molecule has 20 heavy (non-hydrogen) atoms. The normalized spacial score (nSPS) is 26.2. The molecule has 1 fully saturated rings. The second-order valence-corrected chi connectivity index (χ2v) is 6.28. The van der Waals surface area contributed by atoms with E-state index in [0.29, 0.717) is 12.3 Å². The smallest absolute Gasteiger partial charge is 0.309 e. The van der Waals surface area contributed by atoms with Gasteiger partial charge in [0.25, 0.3) is 0 Å². The van der Waals surface area contributed by atoms with Crippen molar-refractivity contribution in [3.8, 4) is 5.75 Å². The molecule has 2 unspecified atom stereocenters. The van der Waals surface area contributed by atoms with Crippen molar-refractivity contribution in [2.24, 2.45) is 11.3 Å². The third kappa shape index (κ3) is 2.97. The minimum Gasteiger partial charge on any atom is -0.496 e. The fourth-order valence-corrected chi connectivity index (χ4v) is 3.50. The van der Waals surface area contributed by atoms with Gasteiger partial charge in [-0.15, -0.1) is 0 Å². The summed E-state index contributed by atoms with van der Waals surface area (Å²) < 4.78 is 5.40. The molecule has 0 radical (unpaired) electrons. The van der Waals surface area contributed by atoms with Crippen molar-refractivity contribution in [3.05, 3.63) is 29.3 Å². The summed E-state index contributed by atoms with van der Waals surface area (Å²) in [5.74, 6) is 0.623. The topological polar surface area (TPSA) is 46.5 Å². The Hall–Kier alpha value is -1.51. The van der Waals surface area contributed by atoms with Gasteiger partial charge in [-0.1, -0.05) is 37.5 Å². The van der Waals surface area contributed by atoms with Crippen LogP contribution in [0.5, 0.6) is 5.75 Å². The van der Waals surface area contributed by atoms with Gasteiger partial charge < -0.3 is 9.84 Å². The molecule has 1 saturated carbocycles. The molecule has 1 aromatic carbocycles. The zero-order valence-corrected chi connectivity index (χ0v) is 12.6. The molecule has 0 amide bonds. The molecule has 2 atom stereocenters. The molecule has 1 aromatic rings. The first-order valence-electron chi connectivity index (χ1n) is 7.34. The Morgan fingerprint density at radius 1 is 1.50 bits per heavy atom. The average Bonchev–Trinajstić information content (AvgIpc) is 2.39. The lowest BCUT2D eigenvalue weighted by Crippen LogP contribution is -2.38. The van der Waals surface area contributed by atoms with E-state index in [2.05, 4.69) is 13.0 Å². The molecule has 0 bridgehead atoms. The molecule has 0 saturated heterocycles. The van der Waals surface area contributed by atoms with Gasteiger partial charge in [0.15, 0.2) is 0 Å². The molecule has 1 aliphatic carbocycles. The van der Waals surface area contributed by atoms with Crippen molar-refractivity contribution in [2.75, 3.05) is 7.11 Å². The van der Waals surface area contributed by atoms with Crippen LogP contribution in [0.4, 0.5) is 0 Å². The van der Waals surface area contributed by atoms with Crippen LogP contribution in [0.25, 0.3) is 0 Å². The maximum absolute atomic E-state index is 11.9. The highest BCUT2D eigenvalue weighted by atomic mass is 16.5. The summed E-state index contributed by atoms with van der Waals surface area (Å²) in [7, 11) is 1.64. The van der Waals surface area contributed by atoms with E-state index in [1.807, 2.05) is 19.1 Å². The zero-order valence-electron chi connectivity index (χ0n) is 12.6. The van der Waals surface area contributed by atoms with Crippen LogP contribution >= 0.6 is 0 Å². The summed E-state index contributed by atoms with van der Waals surface area (Å²) in [5.41, 5.74) is 1.54. The van der Waals surface area contributed by atoms with Crippen LogP contribution in [0.15, 0.2) is 18.2 Å². The van der Waals surface area contributed by atoms with E-state index in [-0.39, 0.29) is 0 Å². The van der Waals surface area contributed by atoms with Crippen molar-refractivity contribution >= 4 is 5.97 Å². The van der Waals surface area contributed by atoms with E-state index in [4.69, 9.17) is 4.74 Å². The fourth-order valence-electron chi connectivity index (χ4n) is 3.50. The summed E-state index contributed by atoms with van der Waals surface area (Å²) in [4.78, 5) is 11.9. The van der Waals surface area contributed by atoms with E-state index in [9.17, 15) is 9.90 Å². The van der Waals surface area contributed by atoms with Crippen molar-refractivity contribution in [1.82, 2.24) is 0 Å². The lowest BCUT2D eigenvalue weighted by Gasteiger charge is -2.37. The second kappa shape index (κ2) is 5.86. The molecule has 0 spiro atoms. The predicted molar refractivity (Wildman–Crippen MR) is 79.1 cm³/mol. The predicted octanol–water partition coefficient (Wildman–Crippen LogP) is 3.83. The van der Waals surface area contributed by atoms with E-state index in [1.54, 1.807) is 7.11 Å². The third-order valence-corrected chi connectivity index (χ3v) is 4.51. The molecule has 0 heterocycles. The molecule has 0 aliphatic heterocycles. The molecule has 3 nitrogen and oxygen atoms in total. The molecule has 2 rings (SSSR count). The van der Waals surface area contributed by atoms with Crippen molar-refractivity contribution in [2.45, 2.75) is 46.0 Å². The Morgan fingerprint density at radius 3 is 2.85 bits per heavy atom. The number of rotatable bonds is 4. The lowest BCUT2D eigenvalue weighted by molar-refractivity contribution is -0.152. The Kier molecular flexibility index (Phi) is 4.36. The van der Waals surface area contributed by atoms with Gasteiger partial charge in [-0.25, -0.2) is 0 Å². The van der Waals surface area contributed by atoms with Crippen LogP contribution in [0, 0.1) is 18.3 Å². The van der Waals surface area contributed by atoms with Crippen LogP contribution in [0.3, 0.4) is 0 Å². The molecule has 1 N–H and O–H groups in total. The van der Waals surface area contributed by atoms with Crippen LogP contribution in [-0.2, 0) is 11.2 Å². The summed E-state index contributed by atoms with van der Waals surface area (Å²) >= 11 is 0. The number of hydrogen-bond donors (Lipinski definition) is 1. The number of carbonyl (C=O) groups is 1. The Bertz CT molecular complexity index is 495. The molecular formula is C17H24O3. The highest BCUT2D eigenvalue weighted by Crippen LogP contribution is 2.43. The SMILES string of the molecule is COc1ccc(C)cc1CC1(C(=O)O)CCCC(C)C1. The first-order chi connectivity index (χ1) is 9.47. The molecule has 110 valence electrons. The van der Waals surface area contributed by atoms with Crippen LogP contribution in [0.1, 0.15) is 43.7 Å². The summed E-state index contributed by atoms with van der Waals surface area (Å²) in [6.07, 6.45) is 4.24. The number of benzene rings is 1. The van der Waals surface area contributed by atoms with Gasteiger partial charge in [0.1, 0.15) is 5.75 Å². The van der Waals surface area contributed by atoms with E-state index < -0.39 is 11.4 Å². The first-order valence-corrected chi connectivity index (χ1v) is 7.34. The van der Waals surface area contributed by atoms with Crippen molar-refractivity contribution in [1.29, 1.82) is 0 Å². The van der Waals surface area contributed by atoms with Crippen molar-refractivity contribution < 1.29 is 14.6 Å².